The summed E-state index contributed by atoms with van der Waals surface area (Å²) in [5, 5.41) is 9.82. The van der Waals surface area contributed by atoms with E-state index in [4.69, 9.17) is 260 Å². The van der Waals surface area contributed by atoms with E-state index in [1.807, 2.05) is 0 Å². The van der Waals surface area contributed by atoms with E-state index in [1.165, 1.54) is 0 Å². The SMILES string of the molecule is ClCCl.ClCCl.ClCCl.ClCCl.ClCCl.ClCCl.ClCCl.ClCCl.ClCCl.ClCCl.OCC(Cl)Cl. The lowest BCUT2D eigenvalue weighted by atomic mass is 10.9. The maximum atomic E-state index is 7.88. The molecular formula is C12H24Cl22O. The Bertz CT molecular complexity index is 110. The van der Waals surface area contributed by atoms with Gasteiger partial charge in [0.15, 0.2) is 0 Å². The number of aliphatic hydroxyl groups is 1. The number of hydrogen-bond donors (Lipinski definition) is 1. The van der Waals surface area contributed by atoms with Gasteiger partial charge in [0, 0.05) is 0 Å². The molecule has 0 fully saturated rings. The highest BCUT2D eigenvalue weighted by Gasteiger charge is 1.88. The summed E-state index contributed by atoms with van der Waals surface area (Å²) < 4.78 is 0. The van der Waals surface area contributed by atoms with E-state index < -0.39 is 4.84 Å². The summed E-state index contributed by atoms with van der Waals surface area (Å²) in [5.74, 6) is 0. The van der Waals surface area contributed by atoms with Gasteiger partial charge in [0.25, 0.3) is 0 Å². The summed E-state index contributed by atoms with van der Waals surface area (Å²) in [7, 11) is 0. The molecule has 35 heavy (non-hydrogen) atoms. The van der Waals surface area contributed by atoms with Gasteiger partial charge < -0.3 is 5.11 Å². The van der Waals surface area contributed by atoms with Crippen molar-refractivity contribution in [3.05, 3.63) is 0 Å². The molecular weight excluding hydrogens is 940 g/mol. The fraction of sp³-hybridized carbons (Fsp3) is 1.00. The summed E-state index contributed by atoms with van der Waals surface area (Å²) in [6.45, 7) is -0.164. The zero-order valence-electron chi connectivity index (χ0n) is 17.1. The zero-order chi connectivity index (χ0) is 31.4. The van der Waals surface area contributed by atoms with Crippen LogP contribution < -0.4 is 0 Å². The Morgan fingerprint density at radius 1 is 0.286 bits per heavy atom. The van der Waals surface area contributed by atoms with E-state index in [-0.39, 0.29) is 60.0 Å². The molecule has 0 spiro atoms. The van der Waals surface area contributed by atoms with Crippen molar-refractivity contribution >= 4 is 255 Å². The molecule has 0 saturated carbocycles. The van der Waals surface area contributed by atoms with E-state index in [0.29, 0.717) is 0 Å². The molecule has 0 aromatic heterocycles. The summed E-state index contributed by atoms with van der Waals surface area (Å²) in [4.78, 5) is -0.616. The quantitative estimate of drug-likeness (QED) is 0.260. The Morgan fingerprint density at radius 2 is 0.314 bits per heavy atom. The van der Waals surface area contributed by atoms with Gasteiger partial charge in [0.2, 0.25) is 0 Å². The number of halogens is 22. The van der Waals surface area contributed by atoms with Crippen molar-refractivity contribution in [2.45, 2.75) is 4.84 Å². The van der Waals surface area contributed by atoms with Gasteiger partial charge in [-0.2, -0.15) is 0 Å². The zero-order valence-corrected chi connectivity index (χ0v) is 33.7. The molecule has 0 rings (SSSR count). The molecule has 232 valence electrons. The first kappa shape index (κ1) is 73.1. The molecule has 0 atom stereocenters. The predicted molar refractivity (Wildman–Crippen MR) is 188 cm³/mol. The van der Waals surface area contributed by atoms with Gasteiger partial charge >= 0.3 is 0 Å². The molecule has 0 saturated heterocycles. The largest absolute Gasteiger partial charge is 0.394 e. The second-order valence-electron chi connectivity index (χ2n) is 1.58. The van der Waals surface area contributed by atoms with E-state index in [0.717, 1.165) is 0 Å². The maximum Gasteiger partial charge on any atom is 0.130 e. The van der Waals surface area contributed by atoms with Gasteiger partial charge in [0.1, 0.15) is 4.84 Å². The molecule has 1 nitrogen and oxygen atoms in total. The lowest BCUT2D eigenvalue weighted by Crippen LogP contribution is -1.90. The summed E-state index contributed by atoms with van der Waals surface area (Å²) >= 11 is 105. The molecule has 0 amide bonds. The molecule has 23 heteroatoms. The molecule has 0 unspecified atom stereocenters. The van der Waals surface area contributed by atoms with Crippen LogP contribution in [-0.4, -0.2) is 69.9 Å². The molecule has 0 heterocycles. The van der Waals surface area contributed by atoms with Gasteiger partial charge in [-0.25, -0.2) is 0 Å². The average molecular weight is 964 g/mol. The standard InChI is InChI=1S/C2H4Cl2O.10CH2Cl2/c3-2(4)1-5;10*2-1-3/h2,5H,1H2;10*1H2. The van der Waals surface area contributed by atoms with Crippen molar-refractivity contribution in [2.24, 2.45) is 0 Å². The van der Waals surface area contributed by atoms with Crippen LogP contribution in [0.4, 0.5) is 0 Å². The third kappa shape index (κ3) is 853. The van der Waals surface area contributed by atoms with Crippen molar-refractivity contribution in [1.82, 2.24) is 0 Å². The number of hydrogen-bond acceptors (Lipinski definition) is 1. The second-order valence-corrected chi connectivity index (χ2v) is 10.9. The average Bonchev–Trinajstić information content (AvgIpc) is 2.74. The summed E-state index contributed by atoms with van der Waals surface area (Å²) in [6, 6.07) is 0. The Kier molecular flexibility index (Phi) is 315. The van der Waals surface area contributed by atoms with Crippen LogP contribution in [0.25, 0.3) is 0 Å². The fourth-order valence-electron chi connectivity index (χ4n) is 0. The number of rotatable bonds is 1. The van der Waals surface area contributed by atoms with Crippen molar-refractivity contribution in [3.63, 3.8) is 0 Å². The Hall–Kier alpha value is 6.34. The van der Waals surface area contributed by atoms with Crippen LogP contribution in [0.2, 0.25) is 0 Å². The van der Waals surface area contributed by atoms with Crippen LogP contribution in [0.15, 0.2) is 0 Å². The van der Waals surface area contributed by atoms with Crippen LogP contribution in [0.5, 0.6) is 0 Å². The first-order valence-corrected chi connectivity index (χ1v) is 18.1. The molecule has 0 aromatic rings. The summed E-state index contributed by atoms with van der Waals surface area (Å²) in [5.41, 5.74) is 0. The molecule has 0 aliphatic rings. The first-order valence-electron chi connectivity index (χ1n) is 6.51. The minimum absolute atomic E-state index is 0.164. The van der Waals surface area contributed by atoms with Crippen molar-refractivity contribution in [2.75, 3.05) is 60.0 Å². The van der Waals surface area contributed by atoms with E-state index in [1.54, 1.807) is 0 Å². The Labute approximate surface area is 320 Å². The maximum absolute atomic E-state index is 7.88. The molecule has 0 bridgehead atoms. The normalized spacial score (nSPS) is 6.51. The van der Waals surface area contributed by atoms with Crippen molar-refractivity contribution in [1.29, 1.82) is 0 Å². The van der Waals surface area contributed by atoms with Crippen LogP contribution in [0, 0.1) is 0 Å². The minimum Gasteiger partial charge on any atom is -0.394 e. The van der Waals surface area contributed by atoms with Gasteiger partial charge in [-0.3, -0.25) is 0 Å². The fourth-order valence-corrected chi connectivity index (χ4v) is 0. The van der Waals surface area contributed by atoms with E-state index in [2.05, 4.69) is 0 Å². The lowest BCUT2D eigenvalue weighted by molar-refractivity contribution is 0.313. The van der Waals surface area contributed by atoms with E-state index in [9.17, 15) is 0 Å². The minimum atomic E-state index is -0.616. The molecule has 0 aromatic carbocycles. The smallest absolute Gasteiger partial charge is 0.130 e. The van der Waals surface area contributed by atoms with Crippen LogP contribution in [-0.2, 0) is 0 Å². The van der Waals surface area contributed by atoms with E-state index >= 15 is 0 Å². The number of aliphatic hydroxyl groups excluding tert-OH is 1. The van der Waals surface area contributed by atoms with Gasteiger partial charge in [0.05, 0.1) is 60.0 Å². The summed E-state index contributed by atoms with van der Waals surface area (Å²) in [6.07, 6.45) is 0. The third-order valence-corrected chi connectivity index (χ3v) is 0.414. The first-order chi connectivity index (χ1) is 16.4. The highest BCUT2D eigenvalue weighted by Crippen LogP contribution is 1.96. The Morgan fingerprint density at radius 3 is 0.314 bits per heavy atom. The molecule has 1 N–H and O–H groups in total. The van der Waals surface area contributed by atoms with Gasteiger partial charge in [-0.05, 0) is 0 Å². The highest BCUT2D eigenvalue weighted by atomic mass is 35.6. The van der Waals surface area contributed by atoms with Crippen LogP contribution in [0.3, 0.4) is 0 Å². The predicted octanol–water partition coefficient (Wildman–Crippen LogP) is 15.0. The molecule has 0 radical (unpaired) electrons. The lowest BCUT2D eigenvalue weighted by Gasteiger charge is -1.84. The highest BCUT2D eigenvalue weighted by molar-refractivity contribution is 6.44. The van der Waals surface area contributed by atoms with Crippen LogP contribution >= 0.6 is 255 Å². The Balaban J connectivity index is -0.0000000202. The van der Waals surface area contributed by atoms with Gasteiger partial charge in [-0.1, -0.05) is 0 Å². The molecule has 0 aliphatic carbocycles. The number of alkyl halides is 22. The topological polar surface area (TPSA) is 20.2 Å². The van der Waals surface area contributed by atoms with Crippen LogP contribution in [0.1, 0.15) is 0 Å². The monoisotopic (exact) mass is 953 g/mol. The second kappa shape index (κ2) is 151. The van der Waals surface area contributed by atoms with Gasteiger partial charge in [-0.15, -0.1) is 255 Å². The molecule has 0 aliphatic heterocycles. The van der Waals surface area contributed by atoms with Crippen molar-refractivity contribution in [3.8, 4) is 0 Å². The third-order valence-electron chi connectivity index (χ3n) is 0.138. The van der Waals surface area contributed by atoms with Crippen molar-refractivity contribution < 1.29 is 5.11 Å².